The SMILES string of the molecule is COC(=O)CCN(CCCOc1ccccc1)SCl. The van der Waals surface area contributed by atoms with Crippen LogP contribution >= 0.6 is 21.8 Å². The Hall–Kier alpha value is -0.910. The number of para-hydroxylation sites is 1. The van der Waals surface area contributed by atoms with E-state index in [-0.39, 0.29) is 5.97 Å². The van der Waals surface area contributed by atoms with Crippen LogP contribution in [0.2, 0.25) is 0 Å². The van der Waals surface area contributed by atoms with E-state index in [2.05, 4.69) is 4.74 Å². The molecule has 0 aliphatic rings. The van der Waals surface area contributed by atoms with E-state index in [9.17, 15) is 4.79 Å². The number of benzene rings is 1. The highest BCUT2D eigenvalue weighted by Crippen LogP contribution is 2.16. The fourth-order valence-corrected chi connectivity index (χ4v) is 2.22. The molecule has 0 amide bonds. The van der Waals surface area contributed by atoms with Crippen molar-refractivity contribution in [2.24, 2.45) is 0 Å². The number of nitrogens with zero attached hydrogens (tertiary/aromatic N) is 1. The van der Waals surface area contributed by atoms with Crippen molar-refractivity contribution in [1.82, 2.24) is 4.31 Å². The van der Waals surface area contributed by atoms with Crippen LogP contribution in [0, 0.1) is 0 Å². The van der Waals surface area contributed by atoms with Gasteiger partial charge in [-0.05, 0) is 29.2 Å². The minimum absolute atomic E-state index is 0.226. The first-order chi connectivity index (χ1) is 9.26. The average molecular weight is 304 g/mol. The van der Waals surface area contributed by atoms with E-state index in [1.807, 2.05) is 34.6 Å². The molecule has 0 saturated carbocycles. The van der Waals surface area contributed by atoms with E-state index in [1.54, 1.807) is 0 Å². The summed E-state index contributed by atoms with van der Waals surface area (Å²) in [5.74, 6) is 0.637. The lowest BCUT2D eigenvalue weighted by molar-refractivity contribution is -0.140. The number of hydrogen-bond donors (Lipinski definition) is 0. The molecule has 0 heterocycles. The van der Waals surface area contributed by atoms with Crippen LogP contribution in [-0.2, 0) is 9.53 Å². The van der Waals surface area contributed by atoms with Crippen LogP contribution in [0.1, 0.15) is 12.8 Å². The average Bonchev–Trinajstić information content (AvgIpc) is 2.47. The lowest BCUT2D eigenvalue weighted by atomic mass is 10.3. The number of methoxy groups -OCH3 is 1. The van der Waals surface area contributed by atoms with Gasteiger partial charge in [-0.1, -0.05) is 18.2 Å². The number of carbonyl (C=O) groups excluding carboxylic acids is 1. The highest BCUT2D eigenvalue weighted by molar-refractivity contribution is 8.19. The molecule has 0 unspecified atom stereocenters. The largest absolute Gasteiger partial charge is 0.494 e. The van der Waals surface area contributed by atoms with Gasteiger partial charge in [0, 0.05) is 24.3 Å². The molecule has 0 aliphatic heterocycles. The molecule has 0 saturated heterocycles. The summed E-state index contributed by atoms with van der Waals surface area (Å²) >= 11 is 1.11. The van der Waals surface area contributed by atoms with Crippen LogP contribution in [0.15, 0.2) is 30.3 Å². The first-order valence-electron chi connectivity index (χ1n) is 6.04. The Balaban J connectivity index is 2.14. The van der Waals surface area contributed by atoms with Crippen LogP contribution in [0.25, 0.3) is 0 Å². The monoisotopic (exact) mass is 303 g/mol. The van der Waals surface area contributed by atoms with Crippen molar-refractivity contribution in [3.05, 3.63) is 30.3 Å². The summed E-state index contributed by atoms with van der Waals surface area (Å²) in [4.78, 5) is 11.0. The molecule has 0 aromatic heterocycles. The predicted octanol–water partition coefficient (Wildman–Crippen LogP) is 3.12. The molecular formula is C13H18ClNO3S. The molecule has 1 aromatic carbocycles. The molecule has 0 atom stereocenters. The van der Waals surface area contributed by atoms with Crippen molar-refractivity contribution in [2.45, 2.75) is 12.8 Å². The van der Waals surface area contributed by atoms with Crippen molar-refractivity contribution in [2.75, 3.05) is 26.8 Å². The number of halogens is 1. The Labute approximate surface area is 122 Å². The second-order valence-electron chi connectivity index (χ2n) is 3.84. The zero-order valence-electron chi connectivity index (χ0n) is 10.9. The third kappa shape index (κ3) is 7.30. The van der Waals surface area contributed by atoms with Crippen molar-refractivity contribution in [3.63, 3.8) is 0 Å². The van der Waals surface area contributed by atoms with Gasteiger partial charge < -0.3 is 9.47 Å². The summed E-state index contributed by atoms with van der Waals surface area (Å²) in [5.41, 5.74) is 0. The molecule has 1 aromatic rings. The number of hydrogen-bond acceptors (Lipinski definition) is 5. The summed E-state index contributed by atoms with van der Waals surface area (Å²) in [6, 6.07) is 9.67. The Morgan fingerprint density at radius 3 is 2.68 bits per heavy atom. The lowest BCUT2D eigenvalue weighted by Crippen LogP contribution is -2.21. The third-order valence-corrected chi connectivity index (χ3v) is 3.60. The second-order valence-corrected chi connectivity index (χ2v) is 4.91. The molecule has 0 aliphatic carbocycles. The zero-order chi connectivity index (χ0) is 13.9. The smallest absolute Gasteiger partial charge is 0.306 e. The molecule has 6 heteroatoms. The van der Waals surface area contributed by atoms with Crippen LogP contribution < -0.4 is 4.74 Å². The highest BCUT2D eigenvalue weighted by Gasteiger charge is 2.08. The third-order valence-electron chi connectivity index (χ3n) is 2.45. The summed E-state index contributed by atoms with van der Waals surface area (Å²) in [6.45, 7) is 1.96. The molecule has 0 spiro atoms. The lowest BCUT2D eigenvalue weighted by Gasteiger charge is -2.16. The molecule has 1 rings (SSSR count). The normalized spacial score (nSPS) is 10.5. The van der Waals surface area contributed by atoms with E-state index in [0.717, 1.165) is 29.9 Å². The van der Waals surface area contributed by atoms with Gasteiger partial charge >= 0.3 is 5.97 Å². The summed E-state index contributed by atoms with van der Waals surface area (Å²) < 4.78 is 12.1. The van der Waals surface area contributed by atoms with Gasteiger partial charge in [0.1, 0.15) is 5.75 Å². The molecule has 4 nitrogen and oxygen atoms in total. The van der Waals surface area contributed by atoms with Gasteiger partial charge in [0.05, 0.1) is 20.1 Å². The maximum Gasteiger partial charge on any atom is 0.306 e. The molecule has 106 valence electrons. The van der Waals surface area contributed by atoms with Gasteiger partial charge in [-0.25, -0.2) is 4.31 Å². The Kier molecular flexibility index (Phi) is 8.45. The van der Waals surface area contributed by atoms with Crippen molar-refractivity contribution < 1.29 is 14.3 Å². The van der Waals surface area contributed by atoms with Crippen LogP contribution in [0.5, 0.6) is 5.75 Å². The van der Waals surface area contributed by atoms with E-state index in [0.29, 0.717) is 19.6 Å². The summed E-state index contributed by atoms with van der Waals surface area (Å²) in [5, 5.41) is 0. The molecule has 19 heavy (non-hydrogen) atoms. The highest BCUT2D eigenvalue weighted by atomic mass is 35.7. The number of esters is 1. The van der Waals surface area contributed by atoms with Crippen LogP contribution in [0.3, 0.4) is 0 Å². The quantitative estimate of drug-likeness (QED) is 0.398. The second kappa shape index (κ2) is 9.95. The van der Waals surface area contributed by atoms with E-state index in [1.165, 1.54) is 7.11 Å². The van der Waals surface area contributed by atoms with Gasteiger partial charge in [0.15, 0.2) is 0 Å². The van der Waals surface area contributed by atoms with E-state index >= 15 is 0 Å². The van der Waals surface area contributed by atoms with Gasteiger partial charge in [-0.3, -0.25) is 4.79 Å². The van der Waals surface area contributed by atoms with Crippen molar-refractivity contribution in [1.29, 1.82) is 0 Å². The maximum atomic E-state index is 11.0. The van der Waals surface area contributed by atoms with Crippen molar-refractivity contribution >= 4 is 27.8 Å². The molecule has 0 fully saturated rings. The number of ether oxygens (including phenoxy) is 2. The first kappa shape index (κ1) is 16.1. The fourth-order valence-electron chi connectivity index (χ4n) is 1.45. The Bertz CT molecular complexity index is 364. The van der Waals surface area contributed by atoms with Gasteiger partial charge in [-0.2, -0.15) is 0 Å². The molecule has 0 N–H and O–H groups in total. The van der Waals surface area contributed by atoms with Gasteiger partial charge in [-0.15, -0.1) is 0 Å². The first-order valence-corrected chi connectivity index (χ1v) is 7.64. The Morgan fingerprint density at radius 2 is 2.05 bits per heavy atom. The predicted molar refractivity (Wildman–Crippen MR) is 78.2 cm³/mol. The van der Waals surface area contributed by atoms with E-state index in [4.69, 9.17) is 15.4 Å². The standard InChI is InChI=1S/C13H18ClNO3S/c1-17-13(16)8-10-15(19-14)9-5-11-18-12-6-3-2-4-7-12/h2-4,6-7H,5,8-11H2,1H3. The molecule has 0 bridgehead atoms. The molecule has 0 radical (unpaired) electrons. The van der Waals surface area contributed by atoms with E-state index < -0.39 is 0 Å². The number of rotatable bonds is 9. The summed E-state index contributed by atoms with van der Waals surface area (Å²) in [6.07, 6.45) is 1.19. The topological polar surface area (TPSA) is 38.8 Å². The van der Waals surface area contributed by atoms with Crippen molar-refractivity contribution in [3.8, 4) is 5.75 Å². The van der Waals surface area contributed by atoms with Crippen LogP contribution in [0.4, 0.5) is 0 Å². The molecular weight excluding hydrogens is 286 g/mol. The zero-order valence-corrected chi connectivity index (χ0v) is 12.5. The fraction of sp³-hybridized carbons (Fsp3) is 0.462. The van der Waals surface area contributed by atoms with Gasteiger partial charge in [0.25, 0.3) is 0 Å². The summed E-state index contributed by atoms with van der Waals surface area (Å²) in [7, 11) is 7.12. The minimum atomic E-state index is -0.226. The van der Waals surface area contributed by atoms with Crippen LogP contribution in [-0.4, -0.2) is 37.1 Å². The maximum absolute atomic E-state index is 11.0. The minimum Gasteiger partial charge on any atom is -0.494 e. The Morgan fingerprint density at radius 1 is 1.32 bits per heavy atom. The van der Waals surface area contributed by atoms with Gasteiger partial charge in [0.2, 0.25) is 0 Å². The number of carbonyl (C=O) groups is 1.